The van der Waals surface area contributed by atoms with E-state index in [-0.39, 0.29) is 22.9 Å². The van der Waals surface area contributed by atoms with Crippen LogP contribution in [0.5, 0.6) is 11.5 Å². The van der Waals surface area contributed by atoms with E-state index in [0.717, 1.165) is 0 Å². The third-order valence-corrected chi connectivity index (χ3v) is 2.42. The monoisotopic (exact) mass is 249 g/mol. The van der Waals surface area contributed by atoms with Crippen molar-refractivity contribution in [3.8, 4) is 11.5 Å². The minimum atomic E-state index is -0.989. The molecule has 90 valence electrons. The van der Waals surface area contributed by atoms with Crippen LogP contribution in [0.3, 0.4) is 0 Å². The van der Waals surface area contributed by atoms with Crippen LogP contribution < -0.4 is 10.1 Å². The standard InChI is InChI=1S/C10H13ClFNO3/c1-13-4-7(14)5-3-6(11)8(12)10(16-2)9(5)15/h3,7,13-15H,4H2,1-2H3. The first kappa shape index (κ1) is 13.0. The Morgan fingerprint density at radius 2 is 2.25 bits per heavy atom. The first-order valence-corrected chi connectivity index (χ1v) is 4.98. The normalized spacial score (nSPS) is 12.6. The molecule has 0 amide bonds. The SMILES string of the molecule is CNCC(O)c1cc(Cl)c(F)c(OC)c1O. The van der Waals surface area contributed by atoms with Gasteiger partial charge in [0.25, 0.3) is 0 Å². The largest absolute Gasteiger partial charge is 0.504 e. The van der Waals surface area contributed by atoms with E-state index >= 15 is 0 Å². The van der Waals surface area contributed by atoms with Gasteiger partial charge in [0.1, 0.15) is 0 Å². The van der Waals surface area contributed by atoms with Gasteiger partial charge in [0.15, 0.2) is 17.3 Å². The Bertz CT molecular complexity index is 387. The Morgan fingerprint density at radius 1 is 1.62 bits per heavy atom. The van der Waals surface area contributed by atoms with Gasteiger partial charge in [0, 0.05) is 12.1 Å². The van der Waals surface area contributed by atoms with Crippen molar-refractivity contribution in [3.05, 3.63) is 22.5 Å². The lowest BCUT2D eigenvalue weighted by Crippen LogP contribution is -2.17. The molecule has 0 aromatic heterocycles. The molecule has 1 unspecified atom stereocenters. The predicted molar refractivity (Wildman–Crippen MR) is 58.5 cm³/mol. The number of methoxy groups -OCH3 is 1. The summed E-state index contributed by atoms with van der Waals surface area (Å²) in [6.45, 7) is 0.207. The lowest BCUT2D eigenvalue weighted by atomic mass is 10.1. The number of aromatic hydroxyl groups is 1. The molecule has 0 aliphatic rings. The number of halogens is 2. The van der Waals surface area contributed by atoms with Gasteiger partial charge in [-0.3, -0.25) is 0 Å². The third kappa shape index (κ3) is 2.37. The Labute approximate surface area is 97.6 Å². The van der Waals surface area contributed by atoms with Gasteiger partial charge in [0.05, 0.1) is 18.2 Å². The van der Waals surface area contributed by atoms with Crippen LogP contribution in [0.2, 0.25) is 5.02 Å². The topological polar surface area (TPSA) is 61.7 Å². The van der Waals surface area contributed by atoms with Crippen molar-refractivity contribution in [1.82, 2.24) is 5.32 Å². The second kappa shape index (κ2) is 5.34. The second-order valence-electron chi connectivity index (χ2n) is 3.22. The zero-order valence-electron chi connectivity index (χ0n) is 8.92. The second-order valence-corrected chi connectivity index (χ2v) is 3.62. The summed E-state index contributed by atoms with van der Waals surface area (Å²) >= 11 is 5.62. The predicted octanol–water partition coefficient (Wildman–Crippen LogP) is 1.45. The summed E-state index contributed by atoms with van der Waals surface area (Å²) in [7, 11) is 2.85. The molecule has 0 bridgehead atoms. The van der Waals surface area contributed by atoms with Crippen molar-refractivity contribution in [1.29, 1.82) is 0 Å². The maximum Gasteiger partial charge on any atom is 0.198 e. The maximum atomic E-state index is 13.4. The fraction of sp³-hybridized carbons (Fsp3) is 0.400. The van der Waals surface area contributed by atoms with E-state index in [9.17, 15) is 14.6 Å². The van der Waals surface area contributed by atoms with Crippen LogP contribution in [-0.2, 0) is 0 Å². The average molecular weight is 250 g/mol. The minimum Gasteiger partial charge on any atom is -0.504 e. The first-order chi connectivity index (χ1) is 7.52. The Morgan fingerprint density at radius 3 is 2.75 bits per heavy atom. The molecule has 1 aromatic rings. The van der Waals surface area contributed by atoms with E-state index in [1.165, 1.54) is 13.2 Å². The molecule has 1 rings (SSSR count). The number of aliphatic hydroxyl groups is 1. The van der Waals surface area contributed by atoms with Gasteiger partial charge in [-0.2, -0.15) is 0 Å². The molecule has 0 fully saturated rings. The Hall–Kier alpha value is -1.04. The van der Waals surface area contributed by atoms with Gasteiger partial charge in [-0.25, -0.2) is 4.39 Å². The van der Waals surface area contributed by atoms with Gasteiger partial charge in [-0.1, -0.05) is 11.6 Å². The molecule has 0 saturated heterocycles. The number of ether oxygens (including phenoxy) is 1. The summed E-state index contributed by atoms with van der Waals surface area (Å²) in [6, 6.07) is 1.18. The number of likely N-dealkylation sites (N-methyl/N-ethyl adjacent to an activating group) is 1. The van der Waals surface area contributed by atoms with E-state index < -0.39 is 17.7 Å². The Kier molecular flexibility index (Phi) is 4.35. The lowest BCUT2D eigenvalue weighted by Gasteiger charge is -2.15. The molecule has 1 aromatic carbocycles. The molecule has 0 heterocycles. The number of phenolic OH excluding ortho intramolecular Hbond substituents is 1. The van der Waals surface area contributed by atoms with Crippen molar-refractivity contribution < 1.29 is 19.3 Å². The number of hydrogen-bond acceptors (Lipinski definition) is 4. The molecule has 0 radical (unpaired) electrons. The zero-order valence-corrected chi connectivity index (χ0v) is 9.68. The zero-order chi connectivity index (χ0) is 12.3. The van der Waals surface area contributed by atoms with Crippen LogP contribution in [0.25, 0.3) is 0 Å². The van der Waals surface area contributed by atoms with Gasteiger partial charge < -0.3 is 20.3 Å². The van der Waals surface area contributed by atoms with Crippen LogP contribution in [0.1, 0.15) is 11.7 Å². The summed E-state index contributed by atoms with van der Waals surface area (Å²) in [5, 5.41) is 21.9. The summed E-state index contributed by atoms with van der Waals surface area (Å²) < 4.78 is 18.1. The number of phenols is 1. The average Bonchev–Trinajstić information content (AvgIpc) is 2.24. The molecule has 6 heteroatoms. The number of benzene rings is 1. The molecule has 0 spiro atoms. The van der Waals surface area contributed by atoms with E-state index in [0.29, 0.717) is 0 Å². The molecule has 0 saturated carbocycles. The van der Waals surface area contributed by atoms with Crippen LogP contribution in [0.4, 0.5) is 4.39 Å². The quantitative estimate of drug-likeness (QED) is 0.756. The summed E-state index contributed by atoms with van der Waals surface area (Å²) in [5.74, 6) is -1.65. The van der Waals surface area contributed by atoms with Gasteiger partial charge in [-0.15, -0.1) is 0 Å². The molecule has 16 heavy (non-hydrogen) atoms. The highest BCUT2D eigenvalue weighted by Gasteiger charge is 2.21. The van der Waals surface area contributed by atoms with Crippen LogP contribution >= 0.6 is 11.6 Å². The lowest BCUT2D eigenvalue weighted by molar-refractivity contribution is 0.172. The molecule has 0 aliphatic carbocycles. The van der Waals surface area contributed by atoms with Crippen LogP contribution in [-0.4, -0.2) is 30.9 Å². The number of hydrogen-bond donors (Lipinski definition) is 3. The van der Waals surface area contributed by atoms with Crippen molar-refractivity contribution in [2.45, 2.75) is 6.10 Å². The molecule has 4 nitrogen and oxygen atoms in total. The highest BCUT2D eigenvalue weighted by atomic mass is 35.5. The number of rotatable bonds is 4. The number of aliphatic hydroxyl groups excluding tert-OH is 1. The van der Waals surface area contributed by atoms with Gasteiger partial charge in [0.2, 0.25) is 0 Å². The first-order valence-electron chi connectivity index (χ1n) is 4.60. The van der Waals surface area contributed by atoms with Gasteiger partial charge in [-0.05, 0) is 13.1 Å². The van der Waals surface area contributed by atoms with Gasteiger partial charge >= 0.3 is 0 Å². The van der Waals surface area contributed by atoms with Crippen LogP contribution in [0, 0.1) is 5.82 Å². The fourth-order valence-electron chi connectivity index (χ4n) is 1.36. The van der Waals surface area contributed by atoms with Crippen molar-refractivity contribution in [2.75, 3.05) is 20.7 Å². The summed E-state index contributed by atoms with van der Waals surface area (Å²) in [4.78, 5) is 0. The van der Waals surface area contributed by atoms with Crippen molar-refractivity contribution in [2.24, 2.45) is 0 Å². The van der Waals surface area contributed by atoms with Crippen molar-refractivity contribution in [3.63, 3.8) is 0 Å². The molecule has 1 atom stereocenters. The fourth-order valence-corrected chi connectivity index (χ4v) is 1.56. The molecular formula is C10H13ClFNO3. The summed E-state index contributed by atoms with van der Waals surface area (Å²) in [5.41, 5.74) is 0.123. The molecule has 3 N–H and O–H groups in total. The highest BCUT2D eigenvalue weighted by molar-refractivity contribution is 6.31. The highest BCUT2D eigenvalue weighted by Crippen LogP contribution is 2.39. The smallest absolute Gasteiger partial charge is 0.198 e. The molecule has 0 aliphatic heterocycles. The Balaban J connectivity index is 3.25. The van der Waals surface area contributed by atoms with Crippen LogP contribution in [0.15, 0.2) is 6.07 Å². The van der Waals surface area contributed by atoms with E-state index in [1.54, 1.807) is 7.05 Å². The van der Waals surface area contributed by atoms with E-state index in [2.05, 4.69) is 10.1 Å². The molecular weight excluding hydrogens is 237 g/mol. The van der Waals surface area contributed by atoms with Crippen molar-refractivity contribution >= 4 is 11.6 Å². The van der Waals surface area contributed by atoms with E-state index in [1.807, 2.05) is 0 Å². The number of nitrogens with one attached hydrogen (secondary N) is 1. The maximum absolute atomic E-state index is 13.4. The van der Waals surface area contributed by atoms with E-state index in [4.69, 9.17) is 11.6 Å². The third-order valence-electron chi connectivity index (χ3n) is 2.14. The minimum absolute atomic E-state index is 0.123. The summed E-state index contributed by atoms with van der Waals surface area (Å²) in [6.07, 6.45) is -0.989.